The summed E-state index contributed by atoms with van der Waals surface area (Å²) in [6, 6.07) is 1.19. The van der Waals surface area contributed by atoms with Crippen molar-refractivity contribution >= 4 is 28.2 Å². The van der Waals surface area contributed by atoms with Gasteiger partial charge in [-0.05, 0) is 17.3 Å². The van der Waals surface area contributed by atoms with Crippen molar-refractivity contribution in [3.63, 3.8) is 0 Å². The van der Waals surface area contributed by atoms with Crippen molar-refractivity contribution < 1.29 is 18.3 Å². The van der Waals surface area contributed by atoms with E-state index in [9.17, 15) is 28.0 Å². The van der Waals surface area contributed by atoms with Gasteiger partial charge in [-0.25, -0.2) is 0 Å². The van der Waals surface area contributed by atoms with Crippen LogP contribution in [0.2, 0.25) is 5.02 Å². The zero-order valence-corrected chi connectivity index (χ0v) is 9.63. The lowest BCUT2D eigenvalue weighted by Gasteiger charge is -2.10. The minimum atomic E-state index is -4.67. The van der Waals surface area contributed by atoms with Gasteiger partial charge in [0.15, 0.2) is 5.69 Å². The third-order valence-corrected chi connectivity index (χ3v) is 2.73. The Kier molecular flexibility index (Phi) is 2.97. The molecule has 0 aliphatic rings. The number of nitrogens with one attached hydrogen (secondary N) is 1. The molecule has 0 atom stereocenters. The van der Waals surface area contributed by atoms with Crippen LogP contribution in [0.15, 0.2) is 22.1 Å². The van der Waals surface area contributed by atoms with Gasteiger partial charge in [-0.1, -0.05) is 11.6 Å². The van der Waals surface area contributed by atoms with Gasteiger partial charge in [-0.2, -0.15) is 13.2 Å². The Morgan fingerprint density at radius 1 is 1.32 bits per heavy atom. The van der Waals surface area contributed by atoms with Crippen molar-refractivity contribution in [3.8, 4) is 5.75 Å². The molecule has 100 valence electrons. The van der Waals surface area contributed by atoms with E-state index < -0.39 is 33.8 Å². The Balaban J connectivity index is 2.96. The predicted molar refractivity (Wildman–Crippen MR) is 61.7 cm³/mol. The molecule has 2 aromatic rings. The first-order valence-corrected chi connectivity index (χ1v) is 5.12. The molecule has 0 unspecified atom stereocenters. The number of benzene rings is 1. The van der Waals surface area contributed by atoms with E-state index in [1.165, 1.54) is 0 Å². The summed E-state index contributed by atoms with van der Waals surface area (Å²) in [5.41, 5.74) is -3.25. The molecule has 0 saturated carbocycles. The summed E-state index contributed by atoms with van der Waals surface area (Å²) in [6.45, 7) is 0. The number of H-pyrrole nitrogens is 1. The molecule has 0 radical (unpaired) electrons. The number of rotatable bonds is 1. The zero-order valence-electron chi connectivity index (χ0n) is 8.88. The first-order chi connectivity index (χ1) is 8.75. The summed E-state index contributed by atoms with van der Waals surface area (Å²) in [4.78, 5) is 23.8. The lowest BCUT2D eigenvalue weighted by molar-refractivity contribution is -0.137. The molecule has 0 fully saturated rings. The van der Waals surface area contributed by atoms with Gasteiger partial charge in [-0.3, -0.25) is 4.79 Å². The van der Waals surface area contributed by atoms with Crippen molar-refractivity contribution in [3.05, 3.63) is 38.0 Å². The molecule has 19 heavy (non-hydrogen) atoms. The molecule has 1 aromatic carbocycles. The van der Waals surface area contributed by atoms with Crippen LogP contribution in [0.25, 0.3) is 10.9 Å². The van der Waals surface area contributed by atoms with Gasteiger partial charge in [-0.15, -0.1) is 4.91 Å². The highest BCUT2D eigenvalue weighted by atomic mass is 35.5. The van der Waals surface area contributed by atoms with Crippen LogP contribution in [-0.4, -0.2) is 10.1 Å². The molecule has 9 heteroatoms. The number of halogens is 4. The maximum absolute atomic E-state index is 12.6. The summed E-state index contributed by atoms with van der Waals surface area (Å²) in [7, 11) is 0. The minimum absolute atomic E-state index is 0.248. The van der Waals surface area contributed by atoms with Gasteiger partial charge < -0.3 is 10.1 Å². The number of pyridine rings is 1. The normalized spacial score (nSPS) is 11.8. The number of fused-ring (bicyclic) bond motifs is 1. The standard InChI is InChI=1S/C10H4ClF3N2O3/c11-4-1-3(10(12,13)14)2-5-6(4)7(16-19)8(17)9(18)15-5/h1-2,17H,(H,15,18). The lowest BCUT2D eigenvalue weighted by Crippen LogP contribution is -2.08. The molecule has 1 aromatic heterocycles. The number of nitroso groups, excluding NO2 is 1. The number of aromatic hydroxyl groups is 1. The third kappa shape index (κ3) is 2.14. The van der Waals surface area contributed by atoms with Gasteiger partial charge in [0.2, 0.25) is 5.75 Å². The monoisotopic (exact) mass is 292 g/mol. The maximum Gasteiger partial charge on any atom is 0.416 e. The molecule has 0 aliphatic carbocycles. The van der Waals surface area contributed by atoms with Gasteiger partial charge in [0.1, 0.15) is 0 Å². The molecule has 0 saturated heterocycles. The first kappa shape index (κ1) is 13.3. The Hall–Kier alpha value is -2.09. The number of nitrogens with zero attached hydrogens (tertiary/aromatic N) is 1. The van der Waals surface area contributed by atoms with E-state index in [2.05, 4.69) is 5.18 Å². The number of hydrogen-bond acceptors (Lipinski definition) is 4. The summed E-state index contributed by atoms with van der Waals surface area (Å²) < 4.78 is 37.7. The number of hydrogen-bond donors (Lipinski definition) is 2. The van der Waals surface area contributed by atoms with Gasteiger partial charge in [0, 0.05) is 0 Å². The highest BCUT2D eigenvalue weighted by Gasteiger charge is 2.32. The van der Waals surface area contributed by atoms with E-state index in [0.29, 0.717) is 12.1 Å². The fourth-order valence-corrected chi connectivity index (χ4v) is 1.91. The predicted octanol–water partition coefficient (Wildman–Crippen LogP) is 3.30. The van der Waals surface area contributed by atoms with Crippen molar-refractivity contribution in [2.75, 3.05) is 0 Å². The van der Waals surface area contributed by atoms with Crippen molar-refractivity contribution in [2.24, 2.45) is 5.18 Å². The Bertz CT molecular complexity index is 739. The van der Waals surface area contributed by atoms with Crippen molar-refractivity contribution in [2.45, 2.75) is 6.18 Å². The van der Waals surface area contributed by atoms with Gasteiger partial charge in [0.25, 0.3) is 5.56 Å². The van der Waals surface area contributed by atoms with Crippen LogP contribution in [0.3, 0.4) is 0 Å². The Morgan fingerprint density at radius 3 is 2.47 bits per heavy atom. The molecule has 2 N–H and O–H groups in total. The van der Waals surface area contributed by atoms with Crippen LogP contribution >= 0.6 is 11.6 Å². The SMILES string of the molecule is O=Nc1c(O)c(=O)[nH]c2cc(C(F)(F)F)cc(Cl)c12. The molecule has 5 nitrogen and oxygen atoms in total. The molecular formula is C10H4ClF3N2O3. The molecule has 0 amide bonds. The summed E-state index contributed by atoms with van der Waals surface area (Å²) in [5.74, 6) is -0.996. The summed E-state index contributed by atoms with van der Waals surface area (Å²) in [5, 5.41) is 11.1. The van der Waals surface area contributed by atoms with Crippen LogP contribution in [0.5, 0.6) is 5.75 Å². The third-order valence-electron chi connectivity index (χ3n) is 2.43. The molecular weight excluding hydrogens is 289 g/mol. The Morgan fingerprint density at radius 2 is 1.95 bits per heavy atom. The van der Waals surface area contributed by atoms with Crippen LogP contribution in [0.1, 0.15) is 5.56 Å². The fraction of sp³-hybridized carbons (Fsp3) is 0.100. The van der Waals surface area contributed by atoms with Crippen LogP contribution in [-0.2, 0) is 6.18 Å². The quantitative estimate of drug-likeness (QED) is 0.791. The molecule has 1 heterocycles. The van der Waals surface area contributed by atoms with Crippen LogP contribution in [0.4, 0.5) is 18.9 Å². The fourth-order valence-electron chi connectivity index (χ4n) is 1.61. The molecule has 0 spiro atoms. The second-order valence-electron chi connectivity index (χ2n) is 3.62. The molecule has 0 bridgehead atoms. The minimum Gasteiger partial charge on any atom is -0.501 e. The average Bonchev–Trinajstić information content (AvgIpc) is 2.30. The Labute approximate surface area is 107 Å². The second kappa shape index (κ2) is 4.23. The first-order valence-electron chi connectivity index (χ1n) is 4.74. The van der Waals surface area contributed by atoms with E-state index in [-0.39, 0.29) is 10.9 Å². The van der Waals surface area contributed by atoms with E-state index in [1.54, 1.807) is 0 Å². The van der Waals surface area contributed by atoms with E-state index in [0.717, 1.165) is 0 Å². The average molecular weight is 293 g/mol. The van der Waals surface area contributed by atoms with Crippen LogP contribution in [0, 0.1) is 4.91 Å². The largest absolute Gasteiger partial charge is 0.501 e. The number of aromatic nitrogens is 1. The van der Waals surface area contributed by atoms with Crippen molar-refractivity contribution in [1.82, 2.24) is 4.98 Å². The second-order valence-corrected chi connectivity index (χ2v) is 4.03. The van der Waals surface area contributed by atoms with E-state index >= 15 is 0 Å². The molecule has 2 rings (SSSR count). The topological polar surface area (TPSA) is 82.5 Å². The highest BCUT2D eigenvalue weighted by Crippen LogP contribution is 2.39. The van der Waals surface area contributed by atoms with E-state index in [4.69, 9.17) is 11.6 Å². The number of aromatic amines is 1. The van der Waals surface area contributed by atoms with Gasteiger partial charge >= 0.3 is 6.18 Å². The smallest absolute Gasteiger partial charge is 0.416 e. The van der Waals surface area contributed by atoms with Crippen LogP contribution < -0.4 is 5.56 Å². The van der Waals surface area contributed by atoms with Gasteiger partial charge in [0.05, 0.1) is 21.5 Å². The van der Waals surface area contributed by atoms with E-state index in [1.807, 2.05) is 4.98 Å². The highest BCUT2D eigenvalue weighted by molar-refractivity contribution is 6.36. The lowest BCUT2D eigenvalue weighted by atomic mass is 10.1. The van der Waals surface area contributed by atoms with Crippen molar-refractivity contribution in [1.29, 1.82) is 0 Å². The molecule has 0 aliphatic heterocycles. The zero-order chi connectivity index (χ0) is 14.4. The maximum atomic E-state index is 12.6. The summed E-state index contributed by atoms with van der Waals surface area (Å²) in [6.07, 6.45) is -4.67. The summed E-state index contributed by atoms with van der Waals surface area (Å²) >= 11 is 5.64. The number of alkyl halides is 3.